The summed E-state index contributed by atoms with van der Waals surface area (Å²) >= 11 is 0. The average molecular weight is 207 g/mol. The van der Waals surface area contributed by atoms with Gasteiger partial charge in [0.1, 0.15) is 6.61 Å². The Labute approximate surface area is 88.5 Å². The average Bonchev–Trinajstić information content (AvgIpc) is 2.25. The molecule has 0 aromatic carbocycles. The smallest absolute Gasteiger partial charge is 0.302 e. The summed E-state index contributed by atoms with van der Waals surface area (Å²) in [5.41, 5.74) is 0.933. The molecule has 0 bridgehead atoms. The zero-order valence-corrected chi connectivity index (χ0v) is 8.77. The summed E-state index contributed by atoms with van der Waals surface area (Å²) in [5, 5.41) is 0. The zero-order chi connectivity index (χ0) is 11.1. The van der Waals surface area contributed by atoms with Crippen molar-refractivity contribution in [1.29, 1.82) is 0 Å². The molecule has 0 atom stereocenters. The summed E-state index contributed by atoms with van der Waals surface area (Å²) in [4.78, 5) is 14.5. The first-order valence-corrected chi connectivity index (χ1v) is 4.52. The quantitative estimate of drug-likeness (QED) is 0.704. The lowest BCUT2D eigenvalue weighted by Gasteiger charge is -1.98. The fourth-order valence-electron chi connectivity index (χ4n) is 0.961. The van der Waals surface area contributed by atoms with Crippen molar-refractivity contribution in [3.63, 3.8) is 0 Å². The Morgan fingerprint density at radius 2 is 2.33 bits per heavy atom. The van der Waals surface area contributed by atoms with Crippen molar-refractivity contribution in [1.82, 2.24) is 4.98 Å². The standard InChI is InChI=1S/C11H13NO3/c1-9(13)15-7-3-4-10-5-6-11(14-2)12-8-10/h3-6,8H,7H2,1-2H3. The lowest BCUT2D eigenvalue weighted by atomic mass is 10.2. The molecule has 0 unspecified atom stereocenters. The lowest BCUT2D eigenvalue weighted by molar-refractivity contribution is -0.139. The van der Waals surface area contributed by atoms with Crippen LogP contribution in [0, 0.1) is 0 Å². The number of carbonyl (C=O) groups excluding carboxylic acids is 1. The largest absolute Gasteiger partial charge is 0.481 e. The lowest BCUT2D eigenvalue weighted by Crippen LogP contribution is -1.97. The topological polar surface area (TPSA) is 48.4 Å². The molecule has 80 valence electrons. The molecule has 0 aliphatic rings. The highest BCUT2D eigenvalue weighted by molar-refractivity contribution is 5.66. The zero-order valence-electron chi connectivity index (χ0n) is 8.77. The van der Waals surface area contributed by atoms with Gasteiger partial charge in [-0.2, -0.15) is 0 Å². The van der Waals surface area contributed by atoms with Gasteiger partial charge in [-0.25, -0.2) is 4.98 Å². The fraction of sp³-hybridized carbons (Fsp3) is 0.273. The second-order valence-corrected chi connectivity index (χ2v) is 2.84. The minimum Gasteiger partial charge on any atom is -0.481 e. The van der Waals surface area contributed by atoms with E-state index in [1.165, 1.54) is 6.92 Å². The molecule has 0 saturated carbocycles. The number of nitrogens with zero attached hydrogens (tertiary/aromatic N) is 1. The third kappa shape index (κ3) is 4.26. The third-order valence-electron chi connectivity index (χ3n) is 1.66. The van der Waals surface area contributed by atoms with E-state index in [2.05, 4.69) is 4.98 Å². The van der Waals surface area contributed by atoms with E-state index in [-0.39, 0.29) is 12.6 Å². The maximum atomic E-state index is 10.5. The van der Waals surface area contributed by atoms with Gasteiger partial charge in [0.15, 0.2) is 0 Å². The Hall–Kier alpha value is -1.84. The van der Waals surface area contributed by atoms with Crippen molar-refractivity contribution in [3.8, 4) is 5.88 Å². The van der Waals surface area contributed by atoms with Crippen LogP contribution in [0.5, 0.6) is 5.88 Å². The number of hydrogen-bond donors (Lipinski definition) is 0. The Morgan fingerprint density at radius 3 is 2.87 bits per heavy atom. The van der Waals surface area contributed by atoms with Crippen LogP contribution in [0.2, 0.25) is 0 Å². The second kappa shape index (κ2) is 5.80. The van der Waals surface area contributed by atoms with Crippen molar-refractivity contribution in [2.45, 2.75) is 6.92 Å². The minimum atomic E-state index is -0.285. The van der Waals surface area contributed by atoms with Crippen LogP contribution in [0.1, 0.15) is 12.5 Å². The summed E-state index contributed by atoms with van der Waals surface area (Å²) < 4.78 is 9.66. The van der Waals surface area contributed by atoms with E-state index in [1.54, 1.807) is 25.4 Å². The number of aromatic nitrogens is 1. The Balaban J connectivity index is 2.46. The monoisotopic (exact) mass is 207 g/mol. The number of rotatable bonds is 4. The molecule has 0 aliphatic heterocycles. The van der Waals surface area contributed by atoms with E-state index in [4.69, 9.17) is 9.47 Å². The van der Waals surface area contributed by atoms with Crippen LogP contribution in [-0.4, -0.2) is 24.7 Å². The highest BCUT2D eigenvalue weighted by atomic mass is 16.5. The molecule has 1 aromatic heterocycles. The molecule has 0 N–H and O–H groups in total. The number of methoxy groups -OCH3 is 1. The molecule has 1 aromatic rings. The van der Waals surface area contributed by atoms with Crippen LogP contribution in [0.25, 0.3) is 6.08 Å². The number of ether oxygens (including phenoxy) is 2. The van der Waals surface area contributed by atoms with Gasteiger partial charge in [-0.1, -0.05) is 6.08 Å². The number of pyridine rings is 1. The van der Waals surface area contributed by atoms with Crippen LogP contribution in [0.15, 0.2) is 24.4 Å². The van der Waals surface area contributed by atoms with Crippen LogP contribution < -0.4 is 4.74 Å². The Kier molecular flexibility index (Phi) is 4.34. The highest BCUT2D eigenvalue weighted by Crippen LogP contribution is 2.07. The van der Waals surface area contributed by atoms with Crippen LogP contribution >= 0.6 is 0 Å². The van der Waals surface area contributed by atoms with Crippen molar-refractivity contribution in [2.75, 3.05) is 13.7 Å². The van der Waals surface area contributed by atoms with Gasteiger partial charge in [0.2, 0.25) is 5.88 Å². The number of esters is 1. The summed E-state index contributed by atoms with van der Waals surface area (Å²) in [7, 11) is 1.57. The van der Waals surface area contributed by atoms with Gasteiger partial charge in [-0.05, 0) is 17.7 Å². The van der Waals surface area contributed by atoms with Gasteiger partial charge in [0.05, 0.1) is 7.11 Å². The molecule has 1 rings (SSSR count). The minimum absolute atomic E-state index is 0.279. The van der Waals surface area contributed by atoms with E-state index < -0.39 is 0 Å². The van der Waals surface area contributed by atoms with Crippen molar-refractivity contribution >= 4 is 12.0 Å². The van der Waals surface area contributed by atoms with Crippen molar-refractivity contribution < 1.29 is 14.3 Å². The summed E-state index contributed by atoms with van der Waals surface area (Å²) in [5.74, 6) is 0.291. The third-order valence-corrected chi connectivity index (χ3v) is 1.66. The predicted octanol–water partition coefficient (Wildman–Crippen LogP) is 1.67. The van der Waals surface area contributed by atoms with Gasteiger partial charge in [0, 0.05) is 19.2 Å². The normalized spacial score (nSPS) is 10.3. The van der Waals surface area contributed by atoms with Gasteiger partial charge < -0.3 is 9.47 Å². The van der Waals surface area contributed by atoms with Crippen molar-refractivity contribution in [2.24, 2.45) is 0 Å². The van der Waals surface area contributed by atoms with Gasteiger partial charge in [0.25, 0.3) is 0 Å². The SMILES string of the molecule is COc1ccc(C=CCOC(C)=O)cn1. The molecular formula is C11H13NO3. The second-order valence-electron chi connectivity index (χ2n) is 2.84. The van der Waals surface area contributed by atoms with Crippen LogP contribution in [0.4, 0.5) is 0 Å². The molecule has 0 radical (unpaired) electrons. The van der Waals surface area contributed by atoms with Gasteiger partial charge in [-0.3, -0.25) is 4.79 Å². The number of carbonyl (C=O) groups is 1. The molecule has 0 spiro atoms. The van der Waals surface area contributed by atoms with Crippen LogP contribution in [0.3, 0.4) is 0 Å². The fourth-order valence-corrected chi connectivity index (χ4v) is 0.961. The molecule has 0 fully saturated rings. The highest BCUT2D eigenvalue weighted by Gasteiger charge is 1.91. The summed E-state index contributed by atoms with van der Waals surface area (Å²) in [6.07, 6.45) is 5.27. The molecule has 15 heavy (non-hydrogen) atoms. The van der Waals surface area contributed by atoms with Gasteiger partial charge in [-0.15, -0.1) is 0 Å². The molecule has 4 nitrogen and oxygen atoms in total. The Bertz CT molecular complexity index is 343. The molecular weight excluding hydrogens is 194 g/mol. The molecule has 4 heteroatoms. The van der Waals surface area contributed by atoms with Crippen LogP contribution in [-0.2, 0) is 9.53 Å². The van der Waals surface area contributed by atoms with E-state index in [0.29, 0.717) is 5.88 Å². The molecule has 0 saturated heterocycles. The van der Waals surface area contributed by atoms with E-state index >= 15 is 0 Å². The van der Waals surface area contributed by atoms with E-state index in [9.17, 15) is 4.79 Å². The maximum Gasteiger partial charge on any atom is 0.302 e. The molecule has 0 aliphatic carbocycles. The van der Waals surface area contributed by atoms with E-state index in [0.717, 1.165) is 5.56 Å². The predicted molar refractivity (Wildman–Crippen MR) is 56.5 cm³/mol. The van der Waals surface area contributed by atoms with Crippen molar-refractivity contribution in [3.05, 3.63) is 30.0 Å². The first-order valence-electron chi connectivity index (χ1n) is 4.52. The molecule has 0 amide bonds. The van der Waals surface area contributed by atoms with E-state index in [1.807, 2.05) is 12.1 Å². The summed E-state index contributed by atoms with van der Waals surface area (Å²) in [6, 6.07) is 3.64. The summed E-state index contributed by atoms with van der Waals surface area (Å²) in [6.45, 7) is 1.66. The Morgan fingerprint density at radius 1 is 1.53 bits per heavy atom. The number of hydrogen-bond acceptors (Lipinski definition) is 4. The maximum absolute atomic E-state index is 10.5. The first-order chi connectivity index (χ1) is 7.22. The first kappa shape index (κ1) is 11.2. The van der Waals surface area contributed by atoms with Gasteiger partial charge >= 0.3 is 5.97 Å². The molecule has 1 heterocycles.